The molecule has 2 aromatic carbocycles. The minimum Gasteiger partial charge on any atom is -0.459 e. The standard InChI is InChI=1S/C30H30F3N3O4/c1-18-25(27(38)21-7-5-8-21)26(20-13-11-19(16-34)12-14-20)35(17-24(37)40-29(2,3)4)28(39)36(18)23-10-6-9-22(15-23)30(31,32)33/h6,9-15,21,26H,5,7-8,17H2,1-4H3. The first-order chi connectivity index (χ1) is 18.7. The van der Waals surface area contributed by atoms with E-state index in [0.717, 1.165) is 28.4 Å². The first-order valence-electron chi connectivity index (χ1n) is 13.0. The third kappa shape index (κ3) is 5.88. The SMILES string of the molecule is CC1=C(C(=O)C2CCC2)C(c2ccc(C#N)cc2)N(CC(=O)OC(C)(C)C)C(=O)N1c1cccc(C(F)(F)F)c1. The molecule has 1 atom stereocenters. The number of carbonyl (C=O) groups is 3. The highest BCUT2D eigenvalue weighted by atomic mass is 19.4. The maximum Gasteiger partial charge on any atom is 0.416 e. The van der Waals surface area contributed by atoms with Crippen LogP contribution in [0, 0.1) is 17.2 Å². The van der Waals surface area contributed by atoms with Crippen LogP contribution < -0.4 is 4.90 Å². The van der Waals surface area contributed by atoms with Crippen molar-refractivity contribution in [3.05, 3.63) is 76.5 Å². The number of hydrogen-bond acceptors (Lipinski definition) is 5. The Morgan fingerprint density at radius 1 is 1.07 bits per heavy atom. The van der Waals surface area contributed by atoms with Crippen molar-refractivity contribution in [3.8, 4) is 6.07 Å². The highest BCUT2D eigenvalue weighted by molar-refractivity contribution is 6.07. The molecule has 40 heavy (non-hydrogen) atoms. The summed E-state index contributed by atoms with van der Waals surface area (Å²) in [6, 6.07) is 10.9. The molecule has 1 heterocycles. The maximum atomic E-state index is 14.1. The van der Waals surface area contributed by atoms with Crippen molar-refractivity contribution in [3.63, 3.8) is 0 Å². The number of esters is 1. The Hall–Kier alpha value is -4.13. The Bertz CT molecular complexity index is 1400. The average Bonchev–Trinajstić information content (AvgIpc) is 2.83. The van der Waals surface area contributed by atoms with Gasteiger partial charge in [0.05, 0.1) is 28.9 Å². The van der Waals surface area contributed by atoms with Gasteiger partial charge in [-0.2, -0.15) is 18.4 Å². The number of ether oxygens (including phenoxy) is 1. The predicted octanol–water partition coefficient (Wildman–Crippen LogP) is 6.55. The van der Waals surface area contributed by atoms with Crippen LogP contribution in [-0.2, 0) is 20.5 Å². The molecule has 0 saturated heterocycles. The van der Waals surface area contributed by atoms with Crippen LogP contribution in [0.5, 0.6) is 0 Å². The Morgan fingerprint density at radius 3 is 2.25 bits per heavy atom. The fourth-order valence-corrected chi connectivity index (χ4v) is 4.94. The molecule has 1 saturated carbocycles. The molecular formula is C30H30F3N3O4. The maximum absolute atomic E-state index is 14.1. The summed E-state index contributed by atoms with van der Waals surface area (Å²) in [7, 11) is 0. The first kappa shape index (κ1) is 28.9. The van der Waals surface area contributed by atoms with Gasteiger partial charge in [-0.3, -0.25) is 14.5 Å². The molecule has 1 fully saturated rings. The minimum atomic E-state index is -4.65. The van der Waals surface area contributed by atoms with E-state index in [9.17, 15) is 32.8 Å². The fraction of sp³-hybridized carbons (Fsp3) is 0.400. The van der Waals surface area contributed by atoms with Gasteiger partial charge in [0.1, 0.15) is 12.1 Å². The molecule has 1 aliphatic carbocycles. The second kappa shape index (κ2) is 10.8. The van der Waals surface area contributed by atoms with Gasteiger partial charge >= 0.3 is 18.2 Å². The van der Waals surface area contributed by atoms with E-state index in [1.807, 2.05) is 6.07 Å². The Kier molecular flexibility index (Phi) is 7.79. The van der Waals surface area contributed by atoms with Gasteiger partial charge < -0.3 is 9.64 Å². The molecular weight excluding hydrogens is 523 g/mol. The Balaban J connectivity index is 1.92. The lowest BCUT2D eigenvalue weighted by Crippen LogP contribution is -2.53. The topological polar surface area (TPSA) is 90.7 Å². The second-order valence-electron chi connectivity index (χ2n) is 11.0. The molecule has 2 aromatic rings. The van der Waals surface area contributed by atoms with Crippen molar-refractivity contribution in [1.29, 1.82) is 5.26 Å². The largest absolute Gasteiger partial charge is 0.459 e. The molecule has 1 aliphatic heterocycles. The molecule has 210 valence electrons. The summed E-state index contributed by atoms with van der Waals surface area (Å²) in [6.45, 7) is 6.00. The monoisotopic (exact) mass is 553 g/mol. The number of urea groups is 1. The number of carbonyl (C=O) groups excluding carboxylic acids is 3. The first-order valence-corrected chi connectivity index (χ1v) is 13.0. The number of rotatable bonds is 6. The quantitative estimate of drug-likeness (QED) is 0.379. The van der Waals surface area contributed by atoms with Gasteiger partial charge in [0, 0.05) is 17.2 Å². The molecule has 7 nitrogen and oxygen atoms in total. The van der Waals surface area contributed by atoms with E-state index >= 15 is 0 Å². The van der Waals surface area contributed by atoms with Crippen LogP contribution in [0.1, 0.15) is 69.7 Å². The molecule has 0 aromatic heterocycles. The molecule has 10 heteroatoms. The van der Waals surface area contributed by atoms with Crippen LogP contribution >= 0.6 is 0 Å². The van der Waals surface area contributed by atoms with Gasteiger partial charge in [-0.15, -0.1) is 0 Å². The Morgan fingerprint density at radius 2 is 1.73 bits per heavy atom. The van der Waals surface area contributed by atoms with E-state index in [1.165, 1.54) is 19.1 Å². The van der Waals surface area contributed by atoms with Crippen LogP contribution in [0.3, 0.4) is 0 Å². The Labute approximate surface area is 230 Å². The van der Waals surface area contributed by atoms with Crippen LogP contribution in [0.4, 0.5) is 23.7 Å². The third-order valence-electron chi connectivity index (χ3n) is 7.00. The van der Waals surface area contributed by atoms with E-state index in [0.29, 0.717) is 24.0 Å². The second-order valence-corrected chi connectivity index (χ2v) is 11.0. The number of allylic oxidation sites excluding steroid dienone is 1. The molecule has 0 radical (unpaired) electrons. The smallest absolute Gasteiger partial charge is 0.416 e. The lowest BCUT2D eigenvalue weighted by molar-refractivity contribution is -0.156. The lowest BCUT2D eigenvalue weighted by atomic mass is 9.76. The number of amides is 2. The highest BCUT2D eigenvalue weighted by Crippen LogP contribution is 2.44. The summed E-state index contributed by atoms with van der Waals surface area (Å²) in [5.74, 6) is -1.26. The molecule has 4 rings (SSSR count). The van der Waals surface area contributed by atoms with Gasteiger partial charge in [0.2, 0.25) is 0 Å². The summed E-state index contributed by atoms with van der Waals surface area (Å²) < 4.78 is 46.2. The number of ketones is 1. The molecule has 2 aliphatic rings. The van der Waals surface area contributed by atoms with Crippen LogP contribution in [0.2, 0.25) is 0 Å². The van der Waals surface area contributed by atoms with Crippen molar-refractivity contribution >= 4 is 23.5 Å². The predicted molar refractivity (Wildman–Crippen MR) is 141 cm³/mol. The molecule has 0 spiro atoms. The number of alkyl halides is 3. The molecule has 0 N–H and O–H groups in total. The fourth-order valence-electron chi connectivity index (χ4n) is 4.94. The van der Waals surface area contributed by atoms with Crippen LogP contribution in [-0.4, -0.2) is 34.8 Å². The number of nitriles is 1. The van der Waals surface area contributed by atoms with Crippen molar-refractivity contribution in [2.75, 3.05) is 11.4 Å². The average molecular weight is 554 g/mol. The van der Waals surface area contributed by atoms with Crippen molar-refractivity contribution < 1.29 is 32.3 Å². The highest BCUT2D eigenvalue weighted by Gasteiger charge is 2.45. The minimum absolute atomic E-state index is 0.0799. The molecule has 1 unspecified atom stereocenters. The lowest BCUT2D eigenvalue weighted by Gasteiger charge is -2.44. The summed E-state index contributed by atoms with van der Waals surface area (Å²) >= 11 is 0. The zero-order valence-electron chi connectivity index (χ0n) is 22.7. The van der Waals surface area contributed by atoms with E-state index in [2.05, 4.69) is 0 Å². The molecule has 0 bridgehead atoms. The number of halogens is 3. The van der Waals surface area contributed by atoms with Crippen LogP contribution in [0.15, 0.2) is 59.8 Å². The van der Waals surface area contributed by atoms with Gasteiger partial charge in [-0.1, -0.05) is 24.6 Å². The normalized spacial score (nSPS) is 18.4. The number of anilines is 1. The zero-order chi connectivity index (χ0) is 29.4. The van der Waals surface area contributed by atoms with E-state index in [-0.39, 0.29) is 28.7 Å². The number of nitrogens with zero attached hydrogens (tertiary/aromatic N) is 3. The summed E-state index contributed by atoms with van der Waals surface area (Å²) in [6.07, 6.45) is -2.49. The summed E-state index contributed by atoms with van der Waals surface area (Å²) in [4.78, 5) is 43.2. The van der Waals surface area contributed by atoms with Crippen molar-refractivity contribution in [1.82, 2.24) is 4.90 Å². The van der Waals surface area contributed by atoms with Gasteiger partial charge in [-0.05, 0) is 76.4 Å². The zero-order valence-corrected chi connectivity index (χ0v) is 22.7. The van der Waals surface area contributed by atoms with Crippen molar-refractivity contribution in [2.45, 2.75) is 64.8 Å². The van der Waals surface area contributed by atoms with E-state index in [1.54, 1.807) is 45.0 Å². The van der Waals surface area contributed by atoms with E-state index in [4.69, 9.17) is 4.74 Å². The molecule has 2 amide bonds. The van der Waals surface area contributed by atoms with E-state index < -0.39 is 41.9 Å². The summed E-state index contributed by atoms with van der Waals surface area (Å²) in [5.41, 5.74) is -0.638. The van der Waals surface area contributed by atoms with Gasteiger partial charge in [0.25, 0.3) is 0 Å². The number of benzene rings is 2. The van der Waals surface area contributed by atoms with Gasteiger partial charge in [-0.25, -0.2) is 4.79 Å². The van der Waals surface area contributed by atoms with Gasteiger partial charge in [0.15, 0.2) is 5.78 Å². The number of hydrogen-bond donors (Lipinski definition) is 0. The number of Topliss-reactive ketones (excluding diaryl/α,β-unsaturated/α-hetero) is 1. The third-order valence-corrected chi connectivity index (χ3v) is 7.00. The van der Waals surface area contributed by atoms with Crippen LogP contribution in [0.25, 0.3) is 0 Å². The summed E-state index contributed by atoms with van der Waals surface area (Å²) in [5, 5.41) is 9.27. The van der Waals surface area contributed by atoms with Crippen molar-refractivity contribution in [2.24, 2.45) is 5.92 Å².